The van der Waals surface area contributed by atoms with E-state index in [4.69, 9.17) is 16.3 Å². The van der Waals surface area contributed by atoms with Crippen LogP contribution in [0.3, 0.4) is 0 Å². The van der Waals surface area contributed by atoms with E-state index in [9.17, 15) is 9.59 Å². The van der Waals surface area contributed by atoms with E-state index in [-0.39, 0.29) is 16.3 Å². The zero-order chi connectivity index (χ0) is 13.9. The fraction of sp³-hybridized carbons (Fsp3) is 0.333. The van der Waals surface area contributed by atoms with Crippen molar-refractivity contribution in [1.82, 2.24) is 0 Å². The van der Waals surface area contributed by atoms with Crippen LogP contribution in [-0.4, -0.2) is 23.4 Å². The molecule has 0 radical (unpaired) electrons. The standard InChI is InChI=1S/C12H12BrClO4/c1-12(2,13)11(16)18-7-4-5-8(9(14)6-7)10(15)17-3/h4-6H,1-3H3. The van der Waals surface area contributed by atoms with Gasteiger partial charge in [-0.2, -0.15) is 0 Å². The van der Waals surface area contributed by atoms with Gasteiger partial charge in [-0.3, -0.25) is 4.79 Å². The van der Waals surface area contributed by atoms with Crippen LogP contribution in [0, 0.1) is 0 Å². The fourth-order valence-corrected chi connectivity index (χ4v) is 1.39. The van der Waals surface area contributed by atoms with Crippen LogP contribution in [0.4, 0.5) is 0 Å². The quantitative estimate of drug-likeness (QED) is 0.483. The highest BCUT2D eigenvalue weighted by Crippen LogP contribution is 2.25. The van der Waals surface area contributed by atoms with Gasteiger partial charge in [0.05, 0.1) is 17.7 Å². The minimum atomic E-state index is -0.791. The molecule has 0 aliphatic carbocycles. The summed E-state index contributed by atoms with van der Waals surface area (Å²) in [6.45, 7) is 3.33. The number of hydrogen-bond acceptors (Lipinski definition) is 4. The van der Waals surface area contributed by atoms with Crippen molar-refractivity contribution in [2.75, 3.05) is 7.11 Å². The Hall–Kier alpha value is -1.07. The Balaban J connectivity index is 2.92. The van der Waals surface area contributed by atoms with Crippen LogP contribution in [0.1, 0.15) is 24.2 Å². The Morgan fingerprint density at radius 2 is 1.94 bits per heavy atom. The van der Waals surface area contributed by atoms with Crippen LogP contribution in [0.15, 0.2) is 18.2 Å². The average Bonchev–Trinajstić information content (AvgIpc) is 2.27. The molecule has 0 amide bonds. The first kappa shape index (κ1) is 15.0. The van der Waals surface area contributed by atoms with Crippen molar-refractivity contribution in [2.24, 2.45) is 0 Å². The summed E-state index contributed by atoms with van der Waals surface area (Å²) in [5.74, 6) is -0.728. The lowest BCUT2D eigenvalue weighted by Gasteiger charge is -2.14. The number of carbonyl (C=O) groups excluding carboxylic acids is 2. The maximum absolute atomic E-state index is 11.6. The van der Waals surface area contributed by atoms with Gasteiger partial charge in [0, 0.05) is 6.07 Å². The first-order valence-electron chi connectivity index (χ1n) is 5.04. The number of ether oxygens (including phenoxy) is 2. The summed E-state index contributed by atoms with van der Waals surface area (Å²) in [5.41, 5.74) is 0.220. The van der Waals surface area contributed by atoms with Crippen molar-refractivity contribution in [3.05, 3.63) is 28.8 Å². The third-order valence-corrected chi connectivity index (χ3v) is 2.68. The predicted octanol–water partition coefficient (Wildman–Crippen LogP) is 3.21. The van der Waals surface area contributed by atoms with Crippen molar-refractivity contribution in [3.63, 3.8) is 0 Å². The number of methoxy groups -OCH3 is 1. The van der Waals surface area contributed by atoms with E-state index in [2.05, 4.69) is 20.7 Å². The van der Waals surface area contributed by atoms with Crippen LogP contribution in [-0.2, 0) is 9.53 Å². The SMILES string of the molecule is COC(=O)c1ccc(OC(=O)C(C)(C)Br)cc1Cl. The predicted molar refractivity (Wildman–Crippen MR) is 71.4 cm³/mol. The maximum Gasteiger partial charge on any atom is 0.339 e. The summed E-state index contributed by atoms with van der Waals surface area (Å²) in [7, 11) is 1.26. The summed E-state index contributed by atoms with van der Waals surface area (Å²) in [6, 6.07) is 4.32. The number of hydrogen-bond donors (Lipinski definition) is 0. The molecule has 0 aromatic heterocycles. The van der Waals surface area contributed by atoms with Crippen molar-refractivity contribution >= 4 is 39.5 Å². The minimum absolute atomic E-state index is 0.166. The fourth-order valence-electron chi connectivity index (χ4n) is 1.06. The zero-order valence-corrected chi connectivity index (χ0v) is 12.5. The summed E-state index contributed by atoms with van der Waals surface area (Å²) >= 11 is 9.08. The molecule has 0 heterocycles. The van der Waals surface area contributed by atoms with E-state index in [0.29, 0.717) is 0 Å². The molecule has 6 heteroatoms. The molecule has 0 saturated carbocycles. The second-order valence-corrected chi connectivity index (χ2v) is 6.38. The molecule has 1 aromatic rings. The molecule has 98 valence electrons. The summed E-state index contributed by atoms with van der Waals surface area (Å²) in [5, 5.41) is 0.166. The molecule has 0 N–H and O–H groups in total. The number of benzene rings is 1. The summed E-state index contributed by atoms with van der Waals surface area (Å²) < 4.78 is 8.87. The van der Waals surface area contributed by atoms with Gasteiger partial charge < -0.3 is 9.47 Å². The molecule has 0 spiro atoms. The van der Waals surface area contributed by atoms with Crippen LogP contribution >= 0.6 is 27.5 Å². The van der Waals surface area contributed by atoms with Gasteiger partial charge in [-0.25, -0.2) is 4.79 Å². The second-order valence-electron chi connectivity index (χ2n) is 4.00. The highest BCUT2D eigenvalue weighted by atomic mass is 79.9. The summed E-state index contributed by atoms with van der Waals surface area (Å²) in [4.78, 5) is 22.9. The monoisotopic (exact) mass is 334 g/mol. The number of rotatable bonds is 3. The summed E-state index contributed by atoms with van der Waals surface area (Å²) in [6.07, 6.45) is 0. The van der Waals surface area contributed by atoms with E-state index in [1.54, 1.807) is 13.8 Å². The first-order chi connectivity index (χ1) is 8.25. The lowest BCUT2D eigenvalue weighted by Crippen LogP contribution is -2.29. The molecule has 0 bridgehead atoms. The highest BCUT2D eigenvalue weighted by molar-refractivity contribution is 9.10. The van der Waals surface area contributed by atoms with E-state index < -0.39 is 16.3 Å². The average molecular weight is 336 g/mol. The molecule has 0 unspecified atom stereocenters. The Kier molecular flexibility index (Phi) is 4.76. The van der Waals surface area contributed by atoms with Gasteiger partial charge in [0.25, 0.3) is 0 Å². The Bertz CT molecular complexity index is 479. The molecule has 18 heavy (non-hydrogen) atoms. The van der Waals surface area contributed by atoms with E-state index >= 15 is 0 Å². The molecular formula is C12H12BrClO4. The Morgan fingerprint density at radius 1 is 1.33 bits per heavy atom. The lowest BCUT2D eigenvalue weighted by molar-refractivity contribution is -0.136. The van der Waals surface area contributed by atoms with Gasteiger partial charge in [0.15, 0.2) is 0 Å². The third-order valence-electron chi connectivity index (χ3n) is 2.04. The molecule has 1 rings (SSSR count). The first-order valence-corrected chi connectivity index (χ1v) is 6.22. The van der Waals surface area contributed by atoms with Gasteiger partial charge >= 0.3 is 11.9 Å². The van der Waals surface area contributed by atoms with Crippen LogP contribution in [0.25, 0.3) is 0 Å². The van der Waals surface area contributed by atoms with Crippen molar-refractivity contribution in [2.45, 2.75) is 18.2 Å². The van der Waals surface area contributed by atoms with Crippen LogP contribution in [0.2, 0.25) is 5.02 Å². The number of halogens is 2. The highest BCUT2D eigenvalue weighted by Gasteiger charge is 2.26. The van der Waals surface area contributed by atoms with E-state index in [1.165, 1.54) is 25.3 Å². The molecule has 0 fully saturated rings. The van der Waals surface area contributed by atoms with Gasteiger partial charge in [0.1, 0.15) is 10.1 Å². The normalized spacial score (nSPS) is 10.9. The molecule has 0 aliphatic heterocycles. The molecule has 1 aromatic carbocycles. The van der Waals surface area contributed by atoms with E-state index in [0.717, 1.165) is 0 Å². The second kappa shape index (κ2) is 5.71. The maximum atomic E-state index is 11.6. The molecule has 0 aliphatic rings. The van der Waals surface area contributed by atoms with Crippen molar-refractivity contribution in [3.8, 4) is 5.75 Å². The largest absolute Gasteiger partial charge is 0.465 e. The van der Waals surface area contributed by atoms with Crippen LogP contribution in [0.5, 0.6) is 5.75 Å². The molecule has 4 nitrogen and oxygen atoms in total. The molecule has 0 saturated heterocycles. The topological polar surface area (TPSA) is 52.6 Å². The van der Waals surface area contributed by atoms with Crippen molar-refractivity contribution in [1.29, 1.82) is 0 Å². The van der Waals surface area contributed by atoms with Crippen molar-refractivity contribution < 1.29 is 19.1 Å². The number of esters is 2. The lowest BCUT2D eigenvalue weighted by atomic mass is 10.2. The van der Waals surface area contributed by atoms with Gasteiger partial charge in [-0.15, -0.1) is 0 Å². The number of carbonyl (C=O) groups is 2. The zero-order valence-electron chi connectivity index (χ0n) is 10.1. The molecule has 0 atom stereocenters. The van der Waals surface area contributed by atoms with Gasteiger partial charge in [-0.05, 0) is 26.0 Å². The Labute approximate surface area is 118 Å². The van der Waals surface area contributed by atoms with Gasteiger partial charge in [-0.1, -0.05) is 27.5 Å². The smallest absolute Gasteiger partial charge is 0.339 e. The van der Waals surface area contributed by atoms with Crippen LogP contribution < -0.4 is 4.74 Å². The molecular weight excluding hydrogens is 323 g/mol. The minimum Gasteiger partial charge on any atom is -0.465 e. The Morgan fingerprint density at radius 3 is 2.39 bits per heavy atom. The van der Waals surface area contributed by atoms with Gasteiger partial charge in [0.2, 0.25) is 0 Å². The number of alkyl halides is 1. The third kappa shape index (κ3) is 3.71. The van der Waals surface area contributed by atoms with E-state index in [1.807, 2.05) is 0 Å².